The van der Waals surface area contributed by atoms with Gasteiger partial charge >= 0.3 is 0 Å². The number of nitrogens with zero attached hydrogens (tertiary/aromatic N) is 2. The molecule has 0 bridgehead atoms. The number of hydrogen-bond acceptors (Lipinski definition) is 3. The van der Waals surface area contributed by atoms with Gasteiger partial charge in [-0.2, -0.15) is 0 Å². The van der Waals surface area contributed by atoms with Gasteiger partial charge in [0.05, 0.1) is 17.8 Å². The van der Waals surface area contributed by atoms with Crippen LogP contribution >= 0.6 is 0 Å². The lowest BCUT2D eigenvalue weighted by atomic mass is 10.6. The molecule has 0 aliphatic heterocycles. The summed E-state index contributed by atoms with van der Waals surface area (Å²) in [6.45, 7) is 3.32. The standard InChI is InChI=1S/C7H12N2O2S/c1-4-12(10,11)7-6(2)8-5-9(7)3/h5H,4H2,1-3H3. The topological polar surface area (TPSA) is 52.0 Å². The Kier molecular flexibility index (Phi) is 2.23. The molecule has 0 aliphatic carbocycles. The third kappa shape index (κ3) is 1.36. The second-order valence-electron chi connectivity index (χ2n) is 2.65. The molecule has 0 atom stereocenters. The largest absolute Gasteiger partial charge is 0.325 e. The van der Waals surface area contributed by atoms with Crippen molar-refractivity contribution in [2.24, 2.45) is 7.05 Å². The fraction of sp³-hybridized carbons (Fsp3) is 0.571. The molecule has 0 radical (unpaired) electrons. The summed E-state index contributed by atoms with van der Waals surface area (Å²) in [6, 6.07) is 0. The highest BCUT2D eigenvalue weighted by Crippen LogP contribution is 2.13. The Bertz CT molecular complexity index is 359. The molecule has 0 N–H and O–H groups in total. The normalized spacial score (nSPS) is 11.9. The van der Waals surface area contributed by atoms with Gasteiger partial charge in [0.2, 0.25) is 0 Å². The molecule has 1 rings (SSSR count). The van der Waals surface area contributed by atoms with Gasteiger partial charge < -0.3 is 4.57 Å². The first-order chi connectivity index (χ1) is 5.49. The van der Waals surface area contributed by atoms with Crippen LogP contribution in [0.5, 0.6) is 0 Å². The first-order valence-electron chi connectivity index (χ1n) is 3.69. The van der Waals surface area contributed by atoms with Crippen LogP contribution in [0, 0.1) is 6.92 Å². The number of aryl methyl sites for hydroxylation is 2. The Morgan fingerprint density at radius 2 is 2.17 bits per heavy atom. The maximum atomic E-state index is 11.4. The quantitative estimate of drug-likeness (QED) is 0.680. The number of aromatic nitrogens is 2. The van der Waals surface area contributed by atoms with Gasteiger partial charge in [-0.1, -0.05) is 6.92 Å². The van der Waals surface area contributed by atoms with Gasteiger partial charge in [0.25, 0.3) is 0 Å². The highest BCUT2D eigenvalue weighted by molar-refractivity contribution is 7.91. The lowest BCUT2D eigenvalue weighted by molar-refractivity contribution is 0.586. The molecule has 0 amide bonds. The lowest BCUT2D eigenvalue weighted by Gasteiger charge is -2.02. The van der Waals surface area contributed by atoms with Crippen molar-refractivity contribution in [3.8, 4) is 0 Å². The zero-order chi connectivity index (χ0) is 9.35. The zero-order valence-corrected chi connectivity index (χ0v) is 8.22. The molecule has 0 unspecified atom stereocenters. The molecule has 12 heavy (non-hydrogen) atoms. The minimum Gasteiger partial charge on any atom is -0.325 e. The van der Waals surface area contributed by atoms with Gasteiger partial charge in [0.1, 0.15) is 0 Å². The van der Waals surface area contributed by atoms with Crippen LogP contribution in [0.25, 0.3) is 0 Å². The van der Waals surface area contributed by atoms with Crippen LogP contribution in [-0.4, -0.2) is 23.7 Å². The first-order valence-corrected chi connectivity index (χ1v) is 5.35. The maximum absolute atomic E-state index is 11.4. The van der Waals surface area contributed by atoms with E-state index in [0.717, 1.165) is 0 Å². The minimum absolute atomic E-state index is 0.118. The van der Waals surface area contributed by atoms with E-state index in [1.807, 2.05) is 0 Å². The van der Waals surface area contributed by atoms with Crippen molar-refractivity contribution in [3.05, 3.63) is 12.0 Å². The van der Waals surface area contributed by atoms with Crippen molar-refractivity contribution in [2.75, 3.05) is 5.75 Å². The Labute approximate surface area is 72.2 Å². The summed E-state index contributed by atoms with van der Waals surface area (Å²) in [4.78, 5) is 3.91. The summed E-state index contributed by atoms with van der Waals surface area (Å²) in [5.41, 5.74) is 0.569. The molecular weight excluding hydrogens is 176 g/mol. The molecular formula is C7H12N2O2S. The van der Waals surface area contributed by atoms with Crippen LogP contribution in [0.4, 0.5) is 0 Å². The lowest BCUT2D eigenvalue weighted by Crippen LogP contribution is -2.09. The Morgan fingerprint density at radius 3 is 2.50 bits per heavy atom. The van der Waals surface area contributed by atoms with Gasteiger partial charge in [0, 0.05) is 7.05 Å². The summed E-state index contributed by atoms with van der Waals surface area (Å²) >= 11 is 0. The van der Waals surface area contributed by atoms with E-state index >= 15 is 0 Å². The van der Waals surface area contributed by atoms with Crippen LogP contribution < -0.4 is 0 Å². The predicted octanol–water partition coefficient (Wildman–Crippen LogP) is 0.522. The van der Waals surface area contributed by atoms with Crippen molar-refractivity contribution in [2.45, 2.75) is 18.9 Å². The fourth-order valence-corrected chi connectivity index (χ4v) is 2.38. The average molecular weight is 188 g/mol. The van der Waals surface area contributed by atoms with E-state index in [-0.39, 0.29) is 5.75 Å². The molecule has 4 nitrogen and oxygen atoms in total. The number of rotatable bonds is 2. The smallest absolute Gasteiger partial charge is 0.195 e. The molecule has 68 valence electrons. The molecule has 0 spiro atoms. The fourth-order valence-electron chi connectivity index (χ4n) is 1.12. The molecule has 0 saturated heterocycles. The number of hydrogen-bond donors (Lipinski definition) is 0. The highest BCUT2D eigenvalue weighted by Gasteiger charge is 2.18. The molecule has 0 saturated carbocycles. The first kappa shape index (κ1) is 9.25. The maximum Gasteiger partial charge on any atom is 0.195 e. The molecule has 0 fully saturated rings. The third-order valence-corrected chi connectivity index (χ3v) is 3.66. The summed E-state index contributed by atoms with van der Waals surface area (Å²) in [7, 11) is -1.43. The van der Waals surface area contributed by atoms with E-state index in [0.29, 0.717) is 10.7 Å². The highest BCUT2D eigenvalue weighted by atomic mass is 32.2. The second kappa shape index (κ2) is 2.90. The molecule has 0 aromatic carbocycles. The van der Waals surface area contributed by atoms with Gasteiger partial charge in [0.15, 0.2) is 14.9 Å². The summed E-state index contributed by atoms with van der Waals surface area (Å²) in [6.07, 6.45) is 1.51. The van der Waals surface area contributed by atoms with Crippen molar-refractivity contribution >= 4 is 9.84 Å². The minimum atomic E-state index is -3.12. The predicted molar refractivity (Wildman–Crippen MR) is 45.7 cm³/mol. The summed E-state index contributed by atoms with van der Waals surface area (Å²) in [5.74, 6) is 0.118. The average Bonchev–Trinajstić information content (AvgIpc) is 2.31. The van der Waals surface area contributed by atoms with E-state index in [9.17, 15) is 8.42 Å². The Balaban J connectivity index is 3.37. The monoisotopic (exact) mass is 188 g/mol. The molecule has 1 heterocycles. The van der Waals surface area contributed by atoms with E-state index < -0.39 is 9.84 Å². The van der Waals surface area contributed by atoms with Crippen LogP contribution in [0.3, 0.4) is 0 Å². The van der Waals surface area contributed by atoms with Crippen LogP contribution in [-0.2, 0) is 16.9 Å². The zero-order valence-electron chi connectivity index (χ0n) is 7.40. The molecule has 1 aromatic heterocycles. The Morgan fingerprint density at radius 1 is 1.58 bits per heavy atom. The van der Waals surface area contributed by atoms with E-state index in [1.165, 1.54) is 10.9 Å². The van der Waals surface area contributed by atoms with Crippen molar-refractivity contribution in [3.63, 3.8) is 0 Å². The third-order valence-electron chi connectivity index (χ3n) is 1.73. The summed E-state index contributed by atoms with van der Waals surface area (Å²) < 4.78 is 24.4. The van der Waals surface area contributed by atoms with Crippen molar-refractivity contribution < 1.29 is 8.42 Å². The van der Waals surface area contributed by atoms with E-state index in [4.69, 9.17) is 0 Å². The second-order valence-corrected chi connectivity index (χ2v) is 4.84. The molecule has 1 aromatic rings. The van der Waals surface area contributed by atoms with Crippen LogP contribution in [0.15, 0.2) is 11.4 Å². The Hall–Kier alpha value is -0.840. The van der Waals surface area contributed by atoms with Crippen LogP contribution in [0.2, 0.25) is 0 Å². The SMILES string of the molecule is CCS(=O)(=O)c1c(C)ncn1C. The van der Waals surface area contributed by atoms with E-state index in [2.05, 4.69) is 4.98 Å². The number of imidazole rings is 1. The molecule has 0 aliphatic rings. The van der Waals surface area contributed by atoms with Gasteiger partial charge in [-0.15, -0.1) is 0 Å². The van der Waals surface area contributed by atoms with Gasteiger partial charge in [-0.25, -0.2) is 13.4 Å². The van der Waals surface area contributed by atoms with E-state index in [1.54, 1.807) is 20.9 Å². The number of sulfone groups is 1. The summed E-state index contributed by atoms with van der Waals surface area (Å²) in [5, 5.41) is 0.324. The van der Waals surface area contributed by atoms with Crippen molar-refractivity contribution in [1.29, 1.82) is 0 Å². The van der Waals surface area contributed by atoms with Crippen LogP contribution in [0.1, 0.15) is 12.6 Å². The van der Waals surface area contributed by atoms with Gasteiger partial charge in [-0.05, 0) is 6.92 Å². The molecule has 5 heteroatoms. The van der Waals surface area contributed by atoms with Gasteiger partial charge in [-0.3, -0.25) is 0 Å². The van der Waals surface area contributed by atoms with Crippen molar-refractivity contribution in [1.82, 2.24) is 9.55 Å².